The SMILES string of the molecule is CCCc1ccc2nc(NC(C)=O)sc2c1. The van der Waals surface area contributed by atoms with Crippen LogP contribution in [-0.4, -0.2) is 10.9 Å². The summed E-state index contributed by atoms with van der Waals surface area (Å²) in [6.07, 6.45) is 2.23. The van der Waals surface area contributed by atoms with Gasteiger partial charge in [0.2, 0.25) is 5.91 Å². The molecule has 1 aromatic carbocycles. The van der Waals surface area contributed by atoms with Gasteiger partial charge in [-0.3, -0.25) is 4.79 Å². The van der Waals surface area contributed by atoms with Crippen LogP contribution in [0.3, 0.4) is 0 Å². The van der Waals surface area contributed by atoms with Gasteiger partial charge in [0, 0.05) is 6.92 Å². The van der Waals surface area contributed by atoms with Crippen LogP contribution >= 0.6 is 11.3 Å². The van der Waals surface area contributed by atoms with E-state index in [0.717, 1.165) is 23.1 Å². The van der Waals surface area contributed by atoms with Gasteiger partial charge in [-0.2, -0.15) is 0 Å². The van der Waals surface area contributed by atoms with Crippen molar-refractivity contribution in [3.63, 3.8) is 0 Å². The van der Waals surface area contributed by atoms with Gasteiger partial charge in [-0.1, -0.05) is 30.7 Å². The first-order chi connectivity index (χ1) is 7.69. The van der Waals surface area contributed by atoms with E-state index in [1.807, 2.05) is 6.07 Å². The largest absolute Gasteiger partial charge is 0.302 e. The van der Waals surface area contributed by atoms with Crippen LogP contribution in [0.5, 0.6) is 0 Å². The van der Waals surface area contributed by atoms with Gasteiger partial charge in [0.25, 0.3) is 0 Å². The second-order valence-electron chi connectivity index (χ2n) is 3.75. The maximum Gasteiger partial charge on any atom is 0.223 e. The number of aromatic nitrogens is 1. The van der Waals surface area contributed by atoms with Gasteiger partial charge < -0.3 is 5.32 Å². The molecule has 2 aromatic rings. The van der Waals surface area contributed by atoms with Gasteiger partial charge in [-0.25, -0.2) is 4.98 Å². The van der Waals surface area contributed by atoms with Crippen molar-refractivity contribution < 1.29 is 4.79 Å². The molecule has 0 unspecified atom stereocenters. The molecule has 0 saturated heterocycles. The molecule has 1 N–H and O–H groups in total. The number of benzene rings is 1. The van der Waals surface area contributed by atoms with Gasteiger partial charge in [-0.15, -0.1) is 0 Å². The zero-order valence-corrected chi connectivity index (χ0v) is 10.2. The molecule has 0 radical (unpaired) electrons. The number of carbonyl (C=O) groups is 1. The van der Waals surface area contributed by atoms with E-state index >= 15 is 0 Å². The molecule has 0 spiro atoms. The molecular weight excluding hydrogens is 220 g/mol. The molecule has 0 aliphatic heterocycles. The van der Waals surface area contributed by atoms with Crippen molar-refractivity contribution in [1.29, 1.82) is 0 Å². The first-order valence-corrected chi connectivity index (χ1v) is 6.17. The Balaban J connectivity index is 2.34. The summed E-state index contributed by atoms with van der Waals surface area (Å²) >= 11 is 1.52. The lowest BCUT2D eigenvalue weighted by atomic mass is 10.1. The van der Waals surface area contributed by atoms with Crippen LogP contribution in [0.1, 0.15) is 25.8 Å². The molecule has 0 bridgehead atoms. The standard InChI is InChI=1S/C12H14N2OS/c1-3-4-9-5-6-10-11(7-9)16-12(14-10)13-8(2)15/h5-7H,3-4H2,1-2H3,(H,13,14,15). The van der Waals surface area contributed by atoms with E-state index in [4.69, 9.17) is 0 Å². The third-order valence-electron chi connectivity index (χ3n) is 2.27. The number of amides is 1. The third-order valence-corrected chi connectivity index (χ3v) is 3.21. The number of thiazole rings is 1. The maximum absolute atomic E-state index is 10.9. The molecule has 84 valence electrons. The molecule has 1 heterocycles. The molecule has 3 nitrogen and oxygen atoms in total. The molecule has 0 atom stereocenters. The Bertz CT molecular complexity index is 519. The zero-order chi connectivity index (χ0) is 11.5. The summed E-state index contributed by atoms with van der Waals surface area (Å²) in [5, 5.41) is 3.39. The number of carbonyl (C=O) groups excluding carboxylic acids is 1. The second-order valence-corrected chi connectivity index (χ2v) is 4.78. The number of rotatable bonds is 3. The Morgan fingerprint density at radius 1 is 1.50 bits per heavy atom. The molecule has 0 aliphatic carbocycles. The minimum atomic E-state index is -0.0761. The molecule has 4 heteroatoms. The first-order valence-electron chi connectivity index (χ1n) is 5.36. The summed E-state index contributed by atoms with van der Waals surface area (Å²) < 4.78 is 1.13. The van der Waals surface area contributed by atoms with Gasteiger partial charge in [0.05, 0.1) is 10.2 Å². The van der Waals surface area contributed by atoms with E-state index in [0.29, 0.717) is 5.13 Å². The fourth-order valence-electron chi connectivity index (χ4n) is 1.62. The van der Waals surface area contributed by atoms with E-state index in [-0.39, 0.29) is 5.91 Å². The van der Waals surface area contributed by atoms with Crippen molar-refractivity contribution in [2.24, 2.45) is 0 Å². The van der Waals surface area contributed by atoms with Crippen LogP contribution in [0.15, 0.2) is 18.2 Å². The van der Waals surface area contributed by atoms with Crippen molar-refractivity contribution in [1.82, 2.24) is 4.98 Å². The topological polar surface area (TPSA) is 42.0 Å². The minimum Gasteiger partial charge on any atom is -0.302 e. The lowest BCUT2D eigenvalue weighted by Crippen LogP contribution is -2.04. The number of hydrogen-bond donors (Lipinski definition) is 1. The number of nitrogens with zero attached hydrogens (tertiary/aromatic N) is 1. The molecule has 0 saturated carbocycles. The molecule has 1 amide bonds. The molecule has 0 aliphatic rings. The number of anilines is 1. The fourth-order valence-corrected chi connectivity index (χ4v) is 2.59. The zero-order valence-electron chi connectivity index (χ0n) is 9.41. The Morgan fingerprint density at radius 2 is 2.31 bits per heavy atom. The lowest BCUT2D eigenvalue weighted by molar-refractivity contribution is -0.114. The van der Waals surface area contributed by atoms with E-state index in [1.54, 1.807) is 0 Å². The van der Waals surface area contributed by atoms with Crippen LogP contribution in [0.4, 0.5) is 5.13 Å². The summed E-state index contributed by atoms with van der Waals surface area (Å²) in [5.41, 5.74) is 2.28. The van der Waals surface area contributed by atoms with Crippen LogP contribution < -0.4 is 5.32 Å². The van der Waals surface area contributed by atoms with Crippen molar-refractivity contribution in [2.75, 3.05) is 5.32 Å². The fraction of sp³-hybridized carbons (Fsp3) is 0.333. The Morgan fingerprint density at radius 3 is 3.00 bits per heavy atom. The summed E-state index contributed by atoms with van der Waals surface area (Å²) in [6, 6.07) is 6.27. The summed E-state index contributed by atoms with van der Waals surface area (Å²) in [5.74, 6) is -0.0761. The van der Waals surface area contributed by atoms with Gasteiger partial charge >= 0.3 is 0 Å². The van der Waals surface area contributed by atoms with Crippen molar-refractivity contribution in [3.05, 3.63) is 23.8 Å². The molecular formula is C12H14N2OS. The normalized spacial score (nSPS) is 10.6. The average molecular weight is 234 g/mol. The van der Waals surface area contributed by atoms with Gasteiger partial charge in [0.15, 0.2) is 5.13 Å². The smallest absolute Gasteiger partial charge is 0.223 e. The Labute approximate surface area is 98.5 Å². The Kier molecular flexibility index (Phi) is 3.19. The summed E-state index contributed by atoms with van der Waals surface area (Å²) in [4.78, 5) is 15.3. The number of nitrogens with one attached hydrogen (secondary N) is 1. The van der Waals surface area contributed by atoms with Crippen LogP contribution in [0.25, 0.3) is 10.2 Å². The number of hydrogen-bond acceptors (Lipinski definition) is 3. The third kappa shape index (κ3) is 2.39. The van der Waals surface area contributed by atoms with Crippen LogP contribution in [0.2, 0.25) is 0 Å². The highest BCUT2D eigenvalue weighted by Gasteiger charge is 2.05. The summed E-state index contributed by atoms with van der Waals surface area (Å²) in [6.45, 7) is 3.66. The van der Waals surface area contributed by atoms with E-state index < -0.39 is 0 Å². The highest BCUT2D eigenvalue weighted by atomic mass is 32.1. The van der Waals surface area contributed by atoms with Gasteiger partial charge in [-0.05, 0) is 24.1 Å². The highest BCUT2D eigenvalue weighted by Crippen LogP contribution is 2.27. The molecule has 1 aromatic heterocycles. The quantitative estimate of drug-likeness (QED) is 0.886. The van der Waals surface area contributed by atoms with E-state index in [2.05, 4.69) is 29.4 Å². The number of aryl methyl sites for hydroxylation is 1. The van der Waals surface area contributed by atoms with Crippen LogP contribution in [0, 0.1) is 0 Å². The van der Waals surface area contributed by atoms with Crippen LogP contribution in [-0.2, 0) is 11.2 Å². The average Bonchev–Trinajstić information content (AvgIpc) is 2.58. The van der Waals surface area contributed by atoms with Gasteiger partial charge in [0.1, 0.15) is 0 Å². The molecule has 16 heavy (non-hydrogen) atoms. The molecule has 0 fully saturated rings. The molecule has 2 rings (SSSR count). The number of fused-ring (bicyclic) bond motifs is 1. The Hall–Kier alpha value is -1.42. The summed E-state index contributed by atoms with van der Waals surface area (Å²) in [7, 11) is 0. The predicted molar refractivity (Wildman–Crippen MR) is 67.9 cm³/mol. The van der Waals surface area contributed by atoms with Crippen molar-refractivity contribution in [2.45, 2.75) is 26.7 Å². The van der Waals surface area contributed by atoms with Crippen molar-refractivity contribution in [3.8, 4) is 0 Å². The van der Waals surface area contributed by atoms with E-state index in [9.17, 15) is 4.79 Å². The van der Waals surface area contributed by atoms with E-state index in [1.165, 1.54) is 23.8 Å². The second kappa shape index (κ2) is 4.61. The minimum absolute atomic E-state index is 0.0761. The van der Waals surface area contributed by atoms with Crippen molar-refractivity contribution >= 4 is 32.6 Å². The maximum atomic E-state index is 10.9. The monoisotopic (exact) mass is 234 g/mol. The highest BCUT2D eigenvalue weighted by molar-refractivity contribution is 7.22. The first kappa shape index (κ1) is 11.1. The predicted octanol–water partition coefficient (Wildman–Crippen LogP) is 3.21. The lowest BCUT2D eigenvalue weighted by Gasteiger charge is -1.96.